The van der Waals surface area contributed by atoms with E-state index in [9.17, 15) is 14.5 Å². The molecule has 0 aliphatic heterocycles. The number of nitrogens with two attached hydrogens (primary N) is 1. The molecule has 0 saturated carbocycles. The van der Waals surface area contributed by atoms with Gasteiger partial charge in [-0.05, 0) is 37.3 Å². The summed E-state index contributed by atoms with van der Waals surface area (Å²) in [6.45, 7) is 1.69. The molecule has 2 aromatic heterocycles. The summed E-state index contributed by atoms with van der Waals surface area (Å²) in [7, 11) is 1.55. The van der Waals surface area contributed by atoms with Crippen LogP contribution in [0.25, 0.3) is 17.0 Å². The Hall–Kier alpha value is -4.28. The molecule has 4 rings (SSSR count). The molecule has 0 radical (unpaired) electrons. The van der Waals surface area contributed by atoms with Crippen LogP contribution in [0.1, 0.15) is 5.82 Å². The lowest BCUT2D eigenvalue weighted by atomic mass is 10.3. The first-order valence-electron chi connectivity index (χ1n) is 8.75. The molecule has 152 valence electrons. The van der Waals surface area contributed by atoms with Crippen molar-refractivity contribution in [3.8, 4) is 11.7 Å². The van der Waals surface area contributed by atoms with Crippen molar-refractivity contribution in [2.24, 2.45) is 0 Å². The number of anilines is 3. The van der Waals surface area contributed by atoms with E-state index in [0.717, 1.165) is 0 Å². The lowest BCUT2D eigenvalue weighted by Gasteiger charge is -2.12. The van der Waals surface area contributed by atoms with Gasteiger partial charge in [0, 0.05) is 17.8 Å². The minimum Gasteiger partial charge on any atom is -0.497 e. The summed E-state index contributed by atoms with van der Waals surface area (Å²) in [4.78, 5) is 23.1. The third-order valence-corrected chi connectivity index (χ3v) is 4.43. The molecule has 3 N–H and O–H groups in total. The van der Waals surface area contributed by atoms with Crippen LogP contribution in [-0.4, -0.2) is 31.6 Å². The van der Waals surface area contributed by atoms with E-state index >= 15 is 0 Å². The molecule has 0 amide bonds. The number of nitro groups is 1. The number of hydrogen-bond acceptors (Lipinski definition) is 8. The molecule has 0 saturated heterocycles. The number of nitrogens with zero attached hydrogens (tertiary/aromatic N) is 5. The minimum atomic E-state index is -0.799. The molecule has 2 aromatic carbocycles. The maximum absolute atomic E-state index is 14.6. The Morgan fingerprint density at radius 1 is 1.17 bits per heavy atom. The van der Waals surface area contributed by atoms with Gasteiger partial charge in [0.2, 0.25) is 11.8 Å². The van der Waals surface area contributed by atoms with Crippen molar-refractivity contribution in [3.05, 3.63) is 64.2 Å². The fourth-order valence-electron chi connectivity index (χ4n) is 3.00. The number of nitro benzene ring substituents is 1. The zero-order valence-corrected chi connectivity index (χ0v) is 16.0. The van der Waals surface area contributed by atoms with E-state index in [1.54, 1.807) is 42.9 Å². The lowest BCUT2D eigenvalue weighted by Crippen LogP contribution is -2.10. The zero-order chi connectivity index (χ0) is 21.4. The first-order valence-corrected chi connectivity index (χ1v) is 8.75. The Bertz CT molecular complexity index is 1270. The molecule has 0 aliphatic rings. The van der Waals surface area contributed by atoms with Crippen LogP contribution in [0.4, 0.5) is 27.4 Å². The highest BCUT2D eigenvalue weighted by molar-refractivity contribution is 5.80. The second-order valence-electron chi connectivity index (χ2n) is 6.35. The van der Waals surface area contributed by atoms with Gasteiger partial charge in [0.25, 0.3) is 5.69 Å². The second kappa shape index (κ2) is 7.28. The van der Waals surface area contributed by atoms with Gasteiger partial charge in [-0.15, -0.1) is 0 Å². The molecular weight excluding hydrogens is 393 g/mol. The van der Waals surface area contributed by atoms with Gasteiger partial charge in [0.05, 0.1) is 23.1 Å². The van der Waals surface area contributed by atoms with Gasteiger partial charge >= 0.3 is 0 Å². The standard InChI is InChI=1S/C19H16FN7O3/c1-10-22-14-9-12(27(28)29)5-8-15(14)26(10)19-24-17(21)16(20)18(25-19)23-11-3-6-13(30-2)7-4-11/h3-9H,1-2H3,(H3,21,23,24,25). The van der Waals surface area contributed by atoms with E-state index in [1.165, 1.54) is 18.2 Å². The Kier molecular flexibility index (Phi) is 4.62. The summed E-state index contributed by atoms with van der Waals surface area (Å²) in [5.41, 5.74) is 7.17. The van der Waals surface area contributed by atoms with Gasteiger partial charge in [0.15, 0.2) is 11.6 Å². The number of nitrogen functional groups attached to an aromatic ring is 1. The summed E-state index contributed by atoms with van der Waals surface area (Å²) in [6, 6.07) is 11.1. The lowest BCUT2D eigenvalue weighted by molar-refractivity contribution is -0.384. The number of rotatable bonds is 5. The Morgan fingerprint density at radius 2 is 1.90 bits per heavy atom. The molecule has 11 heteroatoms. The predicted molar refractivity (Wildman–Crippen MR) is 109 cm³/mol. The highest BCUT2D eigenvalue weighted by Crippen LogP contribution is 2.27. The Labute approximate surface area is 169 Å². The highest BCUT2D eigenvalue weighted by atomic mass is 19.1. The van der Waals surface area contributed by atoms with Crippen LogP contribution in [0.3, 0.4) is 0 Å². The first-order chi connectivity index (χ1) is 14.4. The number of benzene rings is 2. The SMILES string of the molecule is COc1ccc(Nc2nc(-n3c(C)nc4cc([N+](=O)[O-])ccc43)nc(N)c2F)cc1. The van der Waals surface area contributed by atoms with E-state index in [1.807, 2.05) is 0 Å². The molecule has 10 nitrogen and oxygen atoms in total. The number of ether oxygens (including phenoxy) is 1. The maximum atomic E-state index is 14.6. The molecular formula is C19H16FN7O3. The van der Waals surface area contributed by atoms with Crippen molar-refractivity contribution in [1.82, 2.24) is 19.5 Å². The topological polar surface area (TPSA) is 134 Å². The number of non-ortho nitro benzene ring substituents is 1. The van der Waals surface area contributed by atoms with Gasteiger partial charge < -0.3 is 15.8 Å². The molecule has 0 aliphatic carbocycles. The quantitative estimate of drug-likeness (QED) is 0.378. The van der Waals surface area contributed by atoms with Crippen LogP contribution in [-0.2, 0) is 0 Å². The molecule has 0 spiro atoms. The van der Waals surface area contributed by atoms with Crippen LogP contribution < -0.4 is 15.8 Å². The van der Waals surface area contributed by atoms with Crippen molar-refractivity contribution in [2.45, 2.75) is 6.92 Å². The van der Waals surface area contributed by atoms with E-state index < -0.39 is 10.7 Å². The molecule has 2 heterocycles. The van der Waals surface area contributed by atoms with Crippen LogP contribution in [0, 0.1) is 22.9 Å². The average molecular weight is 409 g/mol. The Morgan fingerprint density at radius 3 is 2.57 bits per heavy atom. The van der Waals surface area contributed by atoms with Crippen molar-refractivity contribution in [2.75, 3.05) is 18.2 Å². The minimum absolute atomic E-state index is 0.0822. The monoisotopic (exact) mass is 409 g/mol. The third kappa shape index (κ3) is 3.32. The van der Waals surface area contributed by atoms with E-state index in [4.69, 9.17) is 10.5 Å². The van der Waals surface area contributed by atoms with Gasteiger partial charge in [0.1, 0.15) is 11.6 Å². The largest absolute Gasteiger partial charge is 0.497 e. The number of methoxy groups -OCH3 is 1. The average Bonchev–Trinajstić information content (AvgIpc) is 3.06. The number of aromatic nitrogens is 4. The van der Waals surface area contributed by atoms with Gasteiger partial charge in [-0.2, -0.15) is 14.4 Å². The number of halogens is 1. The fraction of sp³-hybridized carbons (Fsp3) is 0.105. The molecule has 0 unspecified atom stereocenters. The summed E-state index contributed by atoms with van der Waals surface area (Å²) in [6.07, 6.45) is 0. The maximum Gasteiger partial charge on any atom is 0.271 e. The summed E-state index contributed by atoms with van der Waals surface area (Å²) >= 11 is 0. The molecule has 0 fully saturated rings. The van der Waals surface area contributed by atoms with E-state index in [0.29, 0.717) is 28.3 Å². The van der Waals surface area contributed by atoms with Crippen molar-refractivity contribution >= 4 is 34.0 Å². The molecule has 0 bridgehead atoms. The number of hydrogen-bond donors (Lipinski definition) is 2. The van der Waals surface area contributed by atoms with Crippen LogP contribution in [0.15, 0.2) is 42.5 Å². The van der Waals surface area contributed by atoms with Crippen molar-refractivity contribution in [1.29, 1.82) is 0 Å². The summed E-state index contributed by atoms with van der Waals surface area (Å²) in [5.74, 6) is -0.0681. The van der Waals surface area contributed by atoms with Crippen LogP contribution in [0.5, 0.6) is 5.75 Å². The number of nitrogens with one attached hydrogen (secondary N) is 1. The van der Waals surface area contributed by atoms with Crippen LogP contribution >= 0.6 is 0 Å². The number of imidazole rings is 1. The molecule has 4 aromatic rings. The van der Waals surface area contributed by atoms with Crippen molar-refractivity contribution < 1.29 is 14.1 Å². The highest BCUT2D eigenvalue weighted by Gasteiger charge is 2.19. The van der Waals surface area contributed by atoms with E-state index in [-0.39, 0.29) is 23.3 Å². The van der Waals surface area contributed by atoms with Gasteiger partial charge in [-0.3, -0.25) is 14.7 Å². The predicted octanol–water partition coefficient (Wildman–Crippen LogP) is 3.51. The molecule has 30 heavy (non-hydrogen) atoms. The number of fused-ring (bicyclic) bond motifs is 1. The second-order valence-corrected chi connectivity index (χ2v) is 6.35. The van der Waals surface area contributed by atoms with Gasteiger partial charge in [-0.25, -0.2) is 4.98 Å². The third-order valence-electron chi connectivity index (χ3n) is 4.43. The zero-order valence-electron chi connectivity index (χ0n) is 16.0. The smallest absolute Gasteiger partial charge is 0.271 e. The fourth-order valence-corrected chi connectivity index (χ4v) is 3.00. The Balaban J connectivity index is 1.80. The van der Waals surface area contributed by atoms with E-state index in [2.05, 4.69) is 20.3 Å². The van der Waals surface area contributed by atoms with Crippen molar-refractivity contribution in [3.63, 3.8) is 0 Å². The normalized spacial score (nSPS) is 10.9. The van der Waals surface area contributed by atoms with Crippen LogP contribution in [0.2, 0.25) is 0 Å². The number of aryl methyl sites for hydroxylation is 1. The molecule has 0 atom stereocenters. The summed E-state index contributed by atoms with van der Waals surface area (Å²) < 4.78 is 21.2. The van der Waals surface area contributed by atoms with Gasteiger partial charge in [-0.1, -0.05) is 0 Å². The summed E-state index contributed by atoms with van der Waals surface area (Å²) in [5, 5.41) is 13.9. The first kappa shape index (κ1) is 19.1.